The summed E-state index contributed by atoms with van der Waals surface area (Å²) in [6.45, 7) is 6.83. The molecular weight excluding hydrogens is 226 g/mol. The highest BCUT2D eigenvalue weighted by Gasteiger charge is 2.42. The van der Waals surface area contributed by atoms with E-state index in [4.69, 9.17) is 0 Å². The first kappa shape index (κ1) is 15.5. The SMILES string of the molecule is CC(C)CC1(C(=O)N(C)CCC(C)O)CCCC1. The van der Waals surface area contributed by atoms with E-state index in [0.717, 1.165) is 19.3 Å². The van der Waals surface area contributed by atoms with E-state index in [1.807, 2.05) is 11.9 Å². The number of nitrogens with zero attached hydrogens (tertiary/aromatic N) is 1. The van der Waals surface area contributed by atoms with Gasteiger partial charge in [-0.15, -0.1) is 0 Å². The number of aliphatic hydroxyl groups is 1. The van der Waals surface area contributed by atoms with E-state index >= 15 is 0 Å². The Balaban J connectivity index is 2.64. The normalized spacial score (nSPS) is 20.1. The molecule has 0 bridgehead atoms. The molecule has 1 N–H and O–H groups in total. The topological polar surface area (TPSA) is 40.5 Å². The Bertz CT molecular complexity index is 268. The van der Waals surface area contributed by atoms with Crippen LogP contribution in [-0.4, -0.2) is 35.6 Å². The van der Waals surface area contributed by atoms with Gasteiger partial charge in [0.15, 0.2) is 0 Å². The summed E-state index contributed by atoms with van der Waals surface area (Å²) in [6, 6.07) is 0. The molecular formula is C15H29NO2. The summed E-state index contributed by atoms with van der Waals surface area (Å²) >= 11 is 0. The van der Waals surface area contributed by atoms with Crippen molar-refractivity contribution in [1.82, 2.24) is 4.90 Å². The van der Waals surface area contributed by atoms with Crippen molar-refractivity contribution in [3.8, 4) is 0 Å². The lowest BCUT2D eigenvalue weighted by Crippen LogP contribution is -2.42. The maximum absolute atomic E-state index is 12.7. The molecule has 1 aliphatic carbocycles. The van der Waals surface area contributed by atoms with Gasteiger partial charge in [0.2, 0.25) is 5.91 Å². The number of rotatable bonds is 6. The molecule has 18 heavy (non-hydrogen) atoms. The van der Waals surface area contributed by atoms with E-state index in [0.29, 0.717) is 24.8 Å². The third-order valence-electron chi connectivity index (χ3n) is 4.04. The Labute approximate surface area is 112 Å². The van der Waals surface area contributed by atoms with Crippen LogP contribution in [0.3, 0.4) is 0 Å². The van der Waals surface area contributed by atoms with Gasteiger partial charge < -0.3 is 10.0 Å². The van der Waals surface area contributed by atoms with Gasteiger partial charge in [-0.05, 0) is 38.5 Å². The van der Waals surface area contributed by atoms with E-state index in [2.05, 4.69) is 13.8 Å². The molecule has 1 unspecified atom stereocenters. The molecule has 1 aliphatic rings. The standard InChI is InChI=1S/C15H29NO2/c1-12(2)11-15(8-5-6-9-15)14(18)16(4)10-7-13(3)17/h12-13,17H,5-11H2,1-4H3. The van der Waals surface area contributed by atoms with Crippen LogP contribution < -0.4 is 0 Å². The second-order valence-corrected chi connectivity index (χ2v) is 6.45. The third-order valence-corrected chi connectivity index (χ3v) is 4.04. The van der Waals surface area contributed by atoms with Gasteiger partial charge in [-0.25, -0.2) is 0 Å². The van der Waals surface area contributed by atoms with Crippen LogP contribution in [0.1, 0.15) is 59.3 Å². The molecule has 1 amide bonds. The molecule has 0 aromatic carbocycles. The number of carbonyl (C=O) groups excluding carboxylic acids is 1. The van der Waals surface area contributed by atoms with Gasteiger partial charge in [0, 0.05) is 19.0 Å². The molecule has 0 radical (unpaired) electrons. The Morgan fingerprint density at radius 1 is 1.28 bits per heavy atom. The van der Waals surface area contributed by atoms with Crippen molar-refractivity contribution < 1.29 is 9.90 Å². The van der Waals surface area contributed by atoms with Crippen LogP contribution in [0.15, 0.2) is 0 Å². The smallest absolute Gasteiger partial charge is 0.228 e. The molecule has 1 fully saturated rings. The van der Waals surface area contributed by atoms with Gasteiger partial charge in [0.25, 0.3) is 0 Å². The minimum absolute atomic E-state index is 0.110. The van der Waals surface area contributed by atoms with Crippen molar-refractivity contribution in [2.45, 2.75) is 65.4 Å². The predicted molar refractivity (Wildman–Crippen MR) is 74.3 cm³/mol. The molecule has 0 aromatic heterocycles. The van der Waals surface area contributed by atoms with Crippen molar-refractivity contribution >= 4 is 5.91 Å². The fourth-order valence-electron chi connectivity index (χ4n) is 3.23. The lowest BCUT2D eigenvalue weighted by Gasteiger charge is -2.34. The van der Waals surface area contributed by atoms with Crippen molar-refractivity contribution in [2.24, 2.45) is 11.3 Å². The minimum atomic E-state index is -0.329. The number of hydrogen-bond acceptors (Lipinski definition) is 2. The molecule has 3 nitrogen and oxygen atoms in total. The highest BCUT2D eigenvalue weighted by Crippen LogP contribution is 2.44. The monoisotopic (exact) mass is 255 g/mol. The van der Waals surface area contributed by atoms with E-state index in [-0.39, 0.29) is 11.5 Å². The summed E-state index contributed by atoms with van der Waals surface area (Å²) in [4.78, 5) is 14.5. The molecule has 0 saturated heterocycles. The Morgan fingerprint density at radius 2 is 1.83 bits per heavy atom. The average molecular weight is 255 g/mol. The second kappa shape index (κ2) is 6.55. The predicted octanol–water partition coefficient (Wildman–Crippen LogP) is 2.82. The zero-order valence-electron chi connectivity index (χ0n) is 12.4. The molecule has 0 heterocycles. The molecule has 1 rings (SSSR count). The molecule has 106 valence electrons. The Hall–Kier alpha value is -0.570. The highest BCUT2D eigenvalue weighted by molar-refractivity contribution is 5.82. The summed E-state index contributed by atoms with van der Waals surface area (Å²) in [5, 5.41) is 9.32. The Morgan fingerprint density at radius 3 is 2.28 bits per heavy atom. The Kier molecular flexibility index (Phi) is 5.64. The summed E-state index contributed by atoms with van der Waals surface area (Å²) in [7, 11) is 1.88. The van der Waals surface area contributed by atoms with Gasteiger partial charge in [0.1, 0.15) is 0 Å². The first-order chi connectivity index (χ1) is 8.37. The van der Waals surface area contributed by atoms with E-state index < -0.39 is 0 Å². The second-order valence-electron chi connectivity index (χ2n) is 6.45. The third kappa shape index (κ3) is 3.98. The van der Waals surface area contributed by atoms with Crippen molar-refractivity contribution in [3.05, 3.63) is 0 Å². The van der Waals surface area contributed by atoms with Crippen molar-refractivity contribution in [3.63, 3.8) is 0 Å². The average Bonchev–Trinajstić information content (AvgIpc) is 2.73. The maximum atomic E-state index is 12.7. The van der Waals surface area contributed by atoms with Crippen molar-refractivity contribution in [2.75, 3.05) is 13.6 Å². The highest BCUT2D eigenvalue weighted by atomic mass is 16.3. The zero-order valence-corrected chi connectivity index (χ0v) is 12.4. The van der Waals surface area contributed by atoms with Crippen LogP contribution in [-0.2, 0) is 4.79 Å². The van der Waals surface area contributed by atoms with Crippen LogP contribution in [0.5, 0.6) is 0 Å². The van der Waals surface area contributed by atoms with E-state index in [1.165, 1.54) is 12.8 Å². The zero-order chi connectivity index (χ0) is 13.8. The van der Waals surface area contributed by atoms with Crippen LogP contribution in [0.25, 0.3) is 0 Å². The van der Waals surface area contributed by atoms with Crippen LogP contribution in [0.4, 0.5) is 0 Å². The summed E-state index contributed by atoms with van der Waals surface area (Å²) in [6.07, 6.45) is 5.80. The van der Waals surface area contributed by atoms with E-state index in [1.54, 1.807) is 6.92 Å². The van der Waals surface area contributed by atoms with Gasteiger partial charge in [-0.1, -0.05) is 26.7 Å². The molecule has 3 heteroatoms. The van der Waals surface area contributed by atoms with Gasteiger partial charge >= 0.3 is 0 Å². The fraction of sp³-hybridized carbons (Fsp3) is 0.933. The van der Waals surface area contributed by atoms with Crippen LogP contribution in [0.2, 0.25) is 0 Å². The van der Waals surface area contributed by atoms with Crippen LogP contribution >= 0.6 is 0 Å². The first-order valence-corrected chi connectivity index (χ1v) is 7.31. The lowest BCUT2D eigenvalue weighted by atomic mass is 9.77. The van der Waals surface area contributed by atoms with Gasteiger partial charge in [0.05, 0.1) is 6.10 Å². The fourth-order valence-corrected chi connectivity index (χ4v) is 3.23. The van der Waals surface area contributed by atoms with E-state index in [9.17, 15) is 9.90 Å². The molecule has 1 saturated carbocycles. The molecule has 0 aromatic rings. The summed E-state index contributed by atoms with van der Waals surface area (Å²) in [5.74, 6) is 0.867. The number of amides is 1. The molecule has 0 spiro atoms. The molecule has 1 atom stereocenters. The quantitative estimate of drug-likeness (QED) is 0.793. The maximum Gasteiger partial charge on any atom is 0.228 e. The summed E-state index contributed by atoms with van der Waals surface area (Å²) < 4.78 is 0. The summed E-state index contributed by atoms with van der Waals surface area (Å²) in [5.41, 5.74) is -0.110. The minimum Gasteiger partial charge on any atom is -0.393 e. The van der Waals surface area contributed by atoms with Gasteiger partial charge in [-0.2, -0.15) is 0 Å². The largest absolute Gasteiger partial charge is 0.393 e. The van der Waals surface area contributed by atoms with Crippen molar-refractivity contribution in [1.29, 1.82) is 0 Å². The number of carbonyl (C=O) groups is 1. The number of aliphatic hydroxyl groups excluding tert-OH is 1. The van der Waals surface area contributed by atoms with Gasteiger partial charge in [-0.3, -0.25) is 4.79 Å². The number of hydrogen-bond donors (Lipinski definition) is 1. The molecule has 0 aliphatic heterocycles. The van der Waals surface area contributed by atoms with Crippen LogP contribution in [0, 0.1) is 11.3 Å². The first-order valence-electron chi connectivity index (χ1n) is 7.31. The lowest BCUT2D eigenvalue weighted by molar-refractivity contribution is -0.141.